The molecule has 0 amide bonds. The van der Waals surface area contributed by atoms with Crippen molar-refractivity contribution in [3.8, 4) is 0 Å². The molecule has 1 aromatic heterocycles. The number of halogens is 3. The number of hydrogen-bond acceptors (Lipinski definition) is 2. The van der Waals surface area contributed by atoms with E-state index in [-0.39, 0.29) is 12.4 Å². The molecule has 0 bridgehead atoms. The van der Waals surface area contributed by atoms with E-state index in [1.54, 1.807) is 13.0 Å². The van der Waals surface area contributed by atoms with Crippen LogP contribution < -0.4 is 0 Å². The van der Waals surface area contributed by atoms with Gasteiger partial charge in [-0.05, 0) is 43.2 Å². The van der Waals surface area contributed by atoms with Crippen LogP contribution in [0.4, 0.5) is 13.2 Å². The van der Waals surface area contributed by atoms with E-state index in [4.69, 9.17) is 4.74 Å². The summed E-state index contributed by atoms with van der Waals surface area (Å²) in [6.45, 7) is 4.23. The zero-order chi connectivity index (χ0) is 19.6. The van der Waals surface area contributed by atoms with E-state index in [2.05, 4.69) is 0 Å². The maximum Gasteiger partial charge on any atom is 0.416 e. The zero-order valence-corrected chi connectivity index (χ0v) is 15.1. The third-order valence-electron chi connectivity index (χ3n) is 4.58. The zero-order valence-electron chi connectivity index (χ0n) is 15.1. The number of carbonyl (C=O) groups is 1. The van der Waals surface area contributed by atoms with Crippen LogP contribution in [0.5, 0.6) is 0 Å². The Kier molecular flexibility index (Phi) is 5.26. The first-order valence-corrected chi connectivity index (χ1v) is 8.69. The van der Waals surface area contributed by atoms with Gasteiger partial charge in [-0.1, -0.05) is 30.3 Å². The number of alkyl halides is 3. The number of ether oxygens (including phenoxy) is 1. The molecule has 0 aliphatic rings. The summed E-state index contributed by atoms with van der Waals surface area (Å²) in [6.07, 6.45) is -4.24. The predicted molar refractivity (Wildman–Crippen MR) is 97.6 cm³/mol. The van der Waals surface area contributed by atoms with Crippen molar-refractivity contribution < 1.29 is 22.7 Å². The van der Waals surface area contributed by atoms with Crippen LogP contribution >= 0.6 is 0 Å². The summed E-state index contributed by atoms with van der Waals surface area (Å²) in [5, 5.41) is 0.912. The van der Waals surface area contributed by atoms with E-state index in [1.807, 2.05) is 35.8 Å². The molecular formula is C21H20F3NO2. The van der Waals surface area contributed by atoms with Crippen LogP contribution in [-0.2, 0) is 28.7 Å². The average molecular weight is 375 g/mol. The molecule has 0 unspecified atom stereocenters. The van der Waals surface area contributed by atoms with Gasteiger partial charge in [-0.15, -0.1) is 0 Å². The lowest BCUT2D eigenvalue weighted by Gasteiger charge is -2.12. The molecule has 3 aromatic rings. The summed E-state index contributed by atoms with van der Waals surface area (Å²) < 4.78 is 46.0. The van der Waals surface area contributed by atoms with E-state index in [0.29, 0.717) is 18.7 Å². The van der Waals surface area contributed by atoms with E-state index < -0.39 is 11.7 Å². The third-order valence-corrected chi connectivity index (χ3v) is 4.58. The van der Waals surface area contributed by atoms with Crippen molar-refractivity contribution >= 4 is 16.9 Å². The molecule has 6 heteroatoms. The summed E-state index contributed by atoms with van der Waals surface area (Å²) in [5.74, 6) is -0.317. The highest BCUT2D eigenvalue weighted by atomic mass is 19.4. The number of para-hydroxylation sites is 1. The Morgan fingerprint density at radius 3 is 2.56 bits per heavy atom. The molecule has 0 fully saturated rings. The van der Waals surface area contributed by atoms with E-state index in [0.717, 1.165) is 28.2 Å². The maximum atomic E-state index is 13.0. The molecule has 0 spiro atoms. The van der Waals surface area contributed by atoms with Gasteiger partial charge in [-0.3, -0.25) is 4.79 Å². The second kappa shape index (κ2) is 7.47. The van der Waals surface area contributed by atoms with Gasteiger partial charge in [0.05, 0.1) is 18.6 Å². The van der Waals surface area contributed by atoms with Gasteiger partial charge in [0.1, 0.15) is 0 Å². The first-order valence-electron chi connectivity index (χ1n) is 8.69. The number of hydrogen-bond donors (Lipinski definition) is 0. The lowest BCUT2D eigenvalue weighted by Crippen LogP contribution is -2.09. The standard InChI is InChI=1S/C21H20F3NO2/c1-3-27-20(26)12-18-14(2)25(19-10-5-4-9-17(18)19)13-15-7-6-8-16(11-15)21(22,23)24/h4-11H,3,12-13H2,1-2H3. The van der Waals surface area contributed by atoms with Crippen LogP contribution in [-0.4, -0.2) is 17.1 Å². The van der Waals surface area contributed by atoms with Gasteiger partial charge < -0.3 is 9.30 Å². The monoisotopic (exact) mass is 375 g/mol. The highest BCUT2D eigenvalue weighted by Crippen LogP contribution is 2.31. The molecule has 0 saturated carbocycles. The summed E-state index contributed by atoms with van der Waals surface area (Å²) in [7, 11) is 0. The van der Waals surface area contributed by atoms with Crippen LogP contribution in [0, 0.1) is 6.92 Å². The van der Waals surface area contributed by atoms with Crippen molar-refractivity contribution in [2.45, 2.75) is 33.0 Å². The summed E-state index contributed by atoms with van der Waals surface area (Å²) in [4.78, 5) is 12.0. The second-order valence-electron chi connectivity index (χ2n) is 6.35. The number of benzene rings is 2. The minimum Gasteiger partial charge on any atom is -0.466 e. The highest BCUT2D eigenvalue weighted by molar-refractivity contribution is 5.89. The Bertz CT molecular complexity index is 973. The molecule has 1 heterocycles. The third kappa shape index (κ3) is 3.99. The number of aromatic nitrogens is 1. The normalized spacial score (nSPS) is 11.7. The van der Waals surface area contributed by atoms with Gasteiger partial charge in [-0.25, -0.2) is 0 Å². The van der Waals surface area contributed by atoms with Crippen molar-refractivity contribution in [2.75, 3.05) is 6.61 Å². The maximum absolute atomic E-state index is 13.0. The molecule has 0 aliphatic carbocycles. The van der Waals surface area contributed by atoms with Crippen LogP contribution in [0.15, 0.2) is 48.5 Å². The Labute approximate surface area is 155 Å². The van der Waals surface area contributed by atoms with Crippen molar-refractivity contribution in [3.05, 3.63) is 70.9 Å². The number of fused-ring (bicyclic) bond motifs is 1. The van der Waals surface area contributed by atoms with Gasteiger partial charge in [0.15, 0.2) is 0 Å². The highest BCUT2D eigenvalue weighted by Gasteiger charge is 2.30. The molecule has 0 saturated heterocycles. The Hall–Kier alpha value is -2.76. The Morgan fingerprint density at radius 1 is 1.11 bits per heavy atom. The number of esters is 1. The molecule has 2 aromatic carbocycles. The lowest BCUT2D eigenvalue weighted by molar-refractivity contribution is -0.142. The Morgan fingerprint density at radius 2 is 1.85 bits per heavy atom. The molecule has 3 rings (SSSR count). The quantitative estimate of drug-likeness (QED) is 0.580. The molecule has 0 aliphatic heterocycles. The minimum atomic E-state index is -4.38. The SMILES string of the molecule is CCOC(=O)Cc1c(C)n(Cc2cccc(C(F)(F)F)c2)c2ccccc12. The van der Waals surface area contributed by atoms with Gasteiger partial charge in [0.25, 0.3) is 0 Å². The topological polar surface area (TPSA) is 31.2 Å². The van der Waals surface area contributed by atoms with Gasteiger partial charge in [0.2, 0.25) is 0 Å². The fourth-order valence-corrected chi connectivity index (χ4v) is 3.31. The van der Waals surface area contributed by atoms with E-state index >= 15 is 0 Å². The summed E-state index contributed by atoms with van der Waals surface area (Å²) in [5.41, 5.74) is 2.46. The van der Waals surface area contributed by atoms with Crippen molar-refractivity contribution in [1.29, 1.82) is 0 Å². The smallest absolute Gasteiger partial charge is 0.416 e. The number of rotatable bonds is 5. The molecular weight excluding hydrogens is 355 g/mol. The van der Waals surface area contributed by atoms with Gasteiger partial charge in [0, 0.05) is 23.1 Å². The van der Waals surface area contributed by atoms with Crippen molar-refractivity contribution in [1.82, 2.24) is 4.57 Å². The van der Waals surface area contributed by atoms with E-state index in [9.17, 15) is 18.0 Å². The Balaban J connectivity index is 2.03. The van der Waals surface area contributed by atoms with Crippen molar-refractivity contribution in [2.24, 2.45) is 0 Å². The predicted octanol–water partition coefficient (Wildman–Crippen LogP) is 5.12. The molecule has 3 nitrogen and oxygen atoms in total. The molecule has 0 N–H and O–H groups in total. The van der Waals surface area contributed by atoms with Crippen molar-refractivity contribution in [3.63, 3.8) is 0 Å². The fraction of sp³-hybridized carbons (Fsp3) is 0.286. The van der Waals surface area contributed by atoms with Crippen LogP contribution in [0.1, 0.15) is 29.3 Å². The second-order valence-corrected chi connectivity index (χ2v) is 6.35. The average Bonchev–Trinajstić information content (AvgIpc) is 2.87. The first kappa shape index (κ1) is 19.0. The van der Waals surface area contributed by atoms with Crippen LogP contribution in [0.25, 0.3) is 10.9 Å². The number of carbonyl (C=O) groups excluding carboxylic acids is 1. The largest absolute Gasteiger partial charge is 0.466 e. The fourth-order valence-electron chi connectivity index (χ4n) is 3.31. The summed E-state index contributed by atoms with van der Waals surface area (Å²) in [6, 6.07) is 12.9. The van der Waals surface area contributed by atoms with E-state index in [1.165, 1.54) is 12.1 Å². The molecule has 27 heavy (non-hydrogen) atoms. The molecule has 0 atom stereocenters. The van der Waals surface area contributed by atoms with Gasteiger partial charge >= 0.3 is 12.1 Å². The minimum absolute atomic E-state index is 0.135. The van der Waals surface area contributed by atoms with Crippen LogP contribution in [0.3, 0.4) is 0 Å². The van der Waals surface area contributed by atoms with Gasteiger partial charge in [-0.2, -0.15) is 13.2 Å². The summed E-state index contributed by atoms with van der Waals surface area (Å²) >= 11 is 0. The van der Waals surface area contributed by atoms with Crippen LogP contribution in [0.2, 0.25) is 0 Å². The first-order chi connectivity index (χ1) is 12.8. The number of nitrogens with zero attached hydrogens (tertiary/aromatic N) is 1. The molecule has 142 valence electrons. The molecule has 0 radical (unpaired) electrons. The lowest BCUT2D eigenvalue weighted by atomic mass is 10.1.